The van der Waals surface area contributed by atoms with Crippen LogP contribution >= 0.6 is 0 Å². The van der Waals surface area contributed by atoms with Gasteiger partial charge in [-0.3, -0.25) is 0 Å². The lowest BCUT2D eigenvalue weighted by atomic mass is 9.78. The average molecular weight is 691 g/mol. The summed E-state index contributed by atoms with van der Waals surface area (Å²) in [5.74, 6) is 1.82. The normalized spacial score (nSPS) is 18.1. The summed E-state index contributed by atoms with van der Waals surface area (Å²) < 4.78 is 57.4. The highest BCUT2D eigenvalue weighted by Gasteiger charge is 2.42. The number of benzene rings is 4. The lowest BCUT2D eigenvalue weighted by molar-refractivity contribution is 0.0692. The van der Waals surface area contributed by atoms with Gasteiger partial charge in [0.2, 0.25) is 0 Å². The average Bonchev–Trinajstić information content (AvgIpc) is 3.14. The Balaban J connectivity index is 1.76. The molecule has 0 amide bonds. The Kier molecular flexibility index (Phi) is 11.5. The SMILES string of the molecule is COc1ccccc1/C=C/C1=CC(/C=C/c2ccccc2OC)(OC)C(OS(=O)(=O)c2ccc(C)cc2)=C(/C=C/c2ccccc2OC)C1C. The molecule has 2 atom stereocenters. The van der Waals surface area contributed by atoms with Gasteiger partial charge < -0.3 is 23.1 Å². The van der Waals surface area contributed by atoms with Crippen molar-refractivity contribution in [3.63, 3.8) is 0 Å². The second kappa shape index (κ2) is 15.9. The molecular weight excluding hydrogens is 649 g/mol. The maximum atomic E-state index is 14.0. The van der Waals surface area contributed by atoms with Crippen molar-refractivity contribution < 1.29 is 31.5 Å². The molecule has 0 aliphatic heterocycles. The third-order valence-corrected chi connectivity index (χ3v) is 9.87. The van der Waals surface area contributed by atoms with Crippen LogP contribution in [0.5, 0.6) is 17.2 Å². The number of hydrogen-bond donors (Lipinski definition) is 0. The molecule has 4 aromatic carbocycles. The van der Waals surface area contributed by atoms with Gasteiger partial charge in [-0.25, -0.2) is 0 Å². The van der Waals surface area contributed by atoms with Crippen LogP contribution in [0.25, 0.3) is 18.2 Å². The molecule has 0 fully saturated rings. The minimum Gasteiger partial charge on any atom is -0.496 e. The van der Waals surface area contributed by atoms with Crippen LogP contribution in [0.3, 0.4) is 0 Å². The Morgan fingerprint density at radius 3 is 1.60 bits per heavy atom. The van der Waals surface area contributed by atoms with Crippen LogP contribution in [-0.4, -0.2) is 42.5 Å². The largest absolute Gasteiger partial charge is 0.496 e. The Bertz CT molecular complexity index is 2070. The Hall–Kier alpha value is -5.31. The maximum absolute atomic E-state index is 14.0. The van der Waals surface area contributed by atoms with E-state index in [1.165, 1.54) is 19.2 Å². The van der Waals surface area contributed by atoms with Crippen molar-refractivity contribution in [1.82, 2.24) is 0 Å². The summed E-state index contributed by atoms with van der Waals surface area (Å²) in [6.07, 6.45) is 13.3. The molecule has 0 heterocycles. The molecule has 0 radical (unpaired) electrons. The molecule has 0 aromatic heterocycles. The molecular formula is C42H42O7S. The first-order valence-electron chi connectivity index (χ1n) is 16.1. The zero-order valence-electron chi connectivity index (χ0n) is 29.1. The molecule has 5 rings (SSSR count). The van der Waals surface area contributed by atoms with E-state index in [1.807, 2.05) is 123 Å². The molecule has 1 aliphatic rings. The van der Waals surface area contributed by atoms with Crippen molar-refractivity contribution >= 4 is 28.3 Å². The first kappa shape index (κ1) is 36.0. The van der Waals surface area contributed by atoms with Crippen LogP contribution in [0.15, 0.2) is 143 Å². The van der Waals surface area contributed by atoms with Gasteiger partial charge in [0.05, 0.1) is 21.3 Å². The fraction of sp³-hybridized carbons (Fsp3) is 0.190. The van der Waals surface area contributed by atoms with E-state index >= 15 is 0 Å². The van der Waals surface area contributed by atoms with Gasteiger partial charge in [0, 0.05) is 35.3 Å². The van der Waals surface area contributed by atoms with E-state index in [0.29, 0.717) is 17.1 Å². The zero-order chi connectivity index (χ0) is 35.7. The van der Waals surface area contributed by atoms with Crippen LogP contribution in [-0.2, 0) is 19.0 Å². The molecule has 7 nitrogen and oxygen atoms in total. The number of allylic oxidation sites excluding steroid dienone is 4. The molecule has 258 valence electrons. The third kappa shape index (κ3) is 7.94. The van der Waals surface area contributed by atoms with Crippen molar-refractivity contribution in [2.24, 2.45) is 5.92 Å². The number of hydrogen-bond acceptors (Lipinski definition) is 7. The first-order valence-corrected chi connectivity index (χ1v) is 17.5. The molecule has 0 bridgehead atoms. The number of para-hydroxylation sites is 3. The van der Waals surface area contributed by atoms with E-state index in [9.17, 15) is 8.42 Å². The molecule has 50 heavy (non-hydrogen) atoms. The van der Waals surface area contributed by atoms with Crippen molar-refractivity contribution in [2.45, 2.75) is 24.3 Å². The smallest absolute Gasteiger partial charge is 0.339 e. The van der Waals surface area contributed by atoms with E-state index in [4.69, 9.17) is 23.1 Å². The second-order valence-electron chi connectivity index (χ2n) is 11.7. The van der Waals surface area contributed by atoms with E-state index in [2.05, 4.69) is 0 Å². The highest BCUT2D eigenvalue weighted by Crippen LogP contribution is 2.44. The molecule has 0 saturated heterocycles. The zero-order valence-corrected chi connectivity index (χ0v) is 29.9. The van der Waals surface area contributed by atoms with Gasteiger partial charge in [0.15, 0.2) is 11.4 Å². The van der Waals surface area contributed by atoms with Gasteiger partial charge in [-0.1, -0.05) is 110 Å². The van der Waals surface area contributed by atoms with Gasteiger partial charge in [-0.05, 0) is 55.0 Å². The summed E-state index contributed by atoms with van der Waals surface area (Å²) in [6.45, 7) is 3.90. The number of rotatable bonds is 13. The van der Waals surface area contributed by atoms with Gasteiger partial charge in [-0.15, -0.1) is 0 Å². The quantitative estimate of drug-likeness (QED) is 0.130. The fourth-order valence-electron chi connectivity index (χ4n) is 5.76. The highest BCUT2D eigenvalue weighted by atomic mass is 32.2. The monoisotopic (exact) mass is 690 g/mol. The number of aryl methyl sites for hydroxylation is 1. The topological polar surface area (TPSA) is 80.3 Å². The predicted molar refractivity (Wildman–Crippen MR) is 200 cm³/mol. The minimum absolute atomic E-state index is 0.0286. The molecule has 0 N–H and O–H groups in total. The van der Waals surface area contributed by atoms with Crippen molar-refractivity contribution in [3.05, 3.63) is 161 Å². The Morgan fingerprint density at radius 1 is 0.620 bits per heavy atom. The van der Waals surface area contributed by atoms with E-state index in [0.717, 1.165) is 33.6 Å². The standard InChI is InChI=1S/C42H42O7S/c1-30-19-24-36(25-20-30)50(43,44)49-41-37(26-23-33-14-8-11-17-39(33)46-4)31(2)35(22-21-32-13-7-10-16-38(32)45-3)29-42(41,48-6)28-27-34-15-9-12-18-40(34)47-5/h7-29,31H,1-6H3/b22-21+,26-23+,28-27+. The Morgan fingerprint density at radius 2 is 1.10 bits per heavy atom. The van der Waals surface area contributed by atoms with Gasteiger partial charge in [0.1, 0.15) is 22.1 Å². The molecule has 0 saturated carbocycles. The molecule has 8 heteroatoms. The van der Waals surface area contributed by atoms with Crippen LogP contribution in [0.4, 0.5) is 0 Å². The minimum atomic E-state index is -4.31. The molecule has 1 aliphatic carbocycles. The van der Waals surface area contributed by atoms with Crippen molar-refractivity contribution in [2.75, 3.05) is 28.4 Å². The summed E-state index contributed by atoms with van der Waals surface area (Å²) in [6, 6.07) is 29.4. The van der Waals surface area contributed by atoms with E-state index in [-0.39, 0.29) is 16.6 Å². The number of methoxy groups -OCH3 is 4. The third-order valence-electron chi connectivity index (χ3n) is 8.63. The van der Waals surface area contributed by atoms with Gasteiger partial charge in [-0.2, -0.15) is 8.42 Å². The van der Waals surface area contributed by atoms with E-state index in [1.54, 1.807) is 39.5 Å². The van der Waals surface area contributed by atoms with Crippen LogP contribution in [0, 0.1) is 12.8 Å². The van der Waals surface area contributed by atoms with Crippen molar-refractivity contribution in [3.8, 4) is 17.2 Å². The first-order chi connectivity index (χ1) is 24.1. The number of ether oxygens (including phenoxy) is 4. The maximum Gasteiger partial charge on any atom is 0.339 e. The van der Waals surface area contributed by atoms with Crippen LogP contribution < -0.4 is 14.2 Å². The summed E-state index contributed by atoms with van der Waals surface area (Å²) in [5, 5.41) is 0. The summed E-state index contributed by atoms with van der Waals surface area (Å²) in [7, 11) is 2.07. The van der Waals surface area contributed by atoms with Crippen LogP contribution in [0.2, 0.25) is 0 Å². The Labute approximate surface area is 295 Å². The fourth-order valence-corrected chi connectivity index (χ4v) is 6.77. The van der Waals surface area contributed by atoms with Crippen LogP contribution in [0.1, 0.15) is 29.2 Å². The van der Waals surface area contributed by atoms with Crippen molar-refractivity contribution in [1.29, 1.82) is 0 Å². The summed E-state index contributed by atoms with van der Waals surface area (Å²) >= 11 is 0. The highest BCUT2D eigenvalue weighted by molar-refractivity contribution is 7.86. The summed E-state index contributed by atoms with van der Waals surface area (Å²) in [5.41, 5.74) is 3.39. The van der Waals surface area contributed by atoms with Gasteiger partial charge in [0.25, 0.3) is 0 Å². The molecule has 2 unspecified atom stereocenters. The second-order valence-corrected chi connectivity index (χ2v) is 13.3. The predicted octanol–water partition coefficient (Wildman–Crippen LogP) is 9.08. The van der Waals surface area contributed by atoms with Gasteiger partial charge >= 0.3 is 10.1 Å². The summed E-state index contributed by atoms with van der Waals surface area (Å²) in [4.78, 5) is 0.0286. The molecule has 4 aromatic rings. The lowest BCUT2D eigenvalue weighted by Crippen LogP contribution is -2.37. The lowest BCUT2D eigenvalue weighted by Gasteiger charge is -2.36. The molecule has 0 spiro atoms. The van der Waals surface area contributed by atoms with E-state index < -0.39 is 15.7 Å².